The van der Waals surface area contributed by atoms with Gasteiger partial charge in [0.1, 0.15) is 11.6 Å². The first-order valence-corrected chi connectivity index (χ1v) is 4.35. The molecule has 0 aromatic heterocycles. The molecule has 1 nitrogen and oxygen atoms in total. The number of hydrogen-bond donors (Lipinski definition) is 1. The summed E-state index contributed by atoms with van der Waals surface area (Å²) in [6.45, 7) is 1.98. The fourth-order valence-corrected chi connectivity index (χ4v) is 1.27. The fraction of sp³-hybridized carbons (Fsp3) is 0.400. The molecule has 72 valence electrons. The van der Waals surface area contributed by atoms with Crippen LogP contribution in [0.25, 0.3) is 0 Å². The first-order valence-electron chi connectivity index (χ1n) is 4.35. The Kier molecular flexibility index (Phi) is 3.37. The summed E-state index contributed by atoms with van der Waals surface area (Å²) in [5, 5.41) is 0. The topological polar surface area (TPSA) is 26.0 Å². The quantitative estimate of drug-likeness (QED) is 0.769. The van der Waals surface area contributed by atoms with E-state index in [1.807, 2.05) is 6.92 Å². The van der Waals surface area contributed by atoms with Crippen molar-refractivity contribution >= 4 is 0 Å². The third-order valence-corrected chi connectivity index (χ3v) is 1.91. The SMILES string of the molecule is CCC[C@H](N)c1cc(F)cc(F)c1. The molecule has 3 heteroatoms. The van der Waals surface area contributed by atoms with Gasteiger partial charge in [-0.25, -0.2) is 8.78 Å². The molecule has 0 aliphatic carbocycles. The Balaban J connectivity index is 2.87. The van der Waals surface area contributed by atoms with Gasteiger partial charge in [-0.15, -0.1) is 0 Å². The lowest BCUT2D eigenvalue weighted by Gasteiger charge is -2.10. The highest BCUT2D eigenvalue weighted by Gasteiger charge is 2.07. The third kappa shape index (κ3) is 2.77. The molecule has 1 rings (SSSR count). The van der Waals surface area contributed by atoms with Crippen molar-refractivity contribution in [3.8, 4) is 0 Å². The molecule has 0 amide bonds. The van der Waals surface area contributed by atoms with Gasteiger partial charge in [0.15, 0.2) is 0 Å². The standard InChI is InChI=1S/C10H13F2N/c1-2-3-10(13)7-4-8(11)6-9(12)5-7/h4-6,10H,2-3,13H2,1H3/t10-/m0/s1. The van der Waals surface area contributed by atoms with Crippen LogP contribution in [0.15, 0.2) is 18.2 Å². The van der Waals surface area contributed by atoms with E-state index < -0.39 is 11.6 Å². The lowest BCUT2D eigenvalue weighted by atomic mass is 10.0. The second-order valence-corrected chi connectivity index (χ2v) is 3.10. The van der Waals surface area contributed by atoms with E-state index in [1.165, 1.54) is 12.1 Å². The van der Waals surface area contributed by atoms with Crippen LogP contribution in [0.3, 0.4) is 0 Å². The van der Waals surface area contributed by atoms with E-state index in [2.05, 4.69) is 0 Å². The van der Waals surface area contributed by atoms with Gasteiger partial charge in [-0.1, -0.05) is 13.3 Å². The summed E-state index contributed by atoms with van der Waals surface area (Å²) in [6, 6.07) is 3.14. The minimum atomic E-state index is -0.568. The van der Waals surface area contributed by atoms with Crippen molar-refractivity contribution in [1.29, 1.82) is 0 Å². The van der Waals surface area contributed by atoms with E-state index in [4.69, 9.17) is 5.73 Å². The molecule has 0 aliphatic rings. The molecule has 0 radical (unpaired) electrons. The molecule has 13 heavy (non-hydrogen) atoms. The lowest BCUT2D eigenvalue weighted by molar-refractivity contribution is 0.565. The van der Waals surface area contributed by atoms with Crippen LogP contribution in [-0.2, 0) is 0 Å². The van der Waals surface area contributed by atoms with Crippen LogP contribution >= 0.6 is 0 Å². The Hall–Kier alpha value is -0.960. The Morgan fingerprint density at radius 2 is 1.77 bits per heavy atom. The fourth-order valence-electron chi connectivity index (χ4n) is 1.27. The minimum absolute atomic E-state index is 0.268. The summed E-state index contributed by atoms with van der Waals surface area (Å²) in [7, 11) is 0. The molecule has 0 saturated heterocycles. The van der Waals surface area contributed by atoms with Crippen molar-refractivity contribution in [2.24, 2.45) is 5.73 Å². The number of benzene rings is 1. The van der Waals surface area contributed by atoms with Crippen molar-refractivity contribution in [2.75, 3.05) is 0 Å². The molecule has 0 saturated carbocycles. The summed E-state index contributed by atoms with van der Waals surface area (Å²) in [6.07, 6.45) is 1.64. The first-order chi connectivity index (χ1) is 6.13. The maximum absolute atomic E-state index is 12.7. The maximum atomic E-state index is 12.7. The van der Waals surface area contributed by atoms with Crippen molar-refractivity contribution in [1.82, 2.24) is 0 Å². The summed E-state index contributed by atoms with van der Waals surface area (Å²) >= 11 is 0. The van der Waals surface area contributed by atoms with Gasteiger partial charge in [0.25, 0.3) is 0 Å². The highest BCUT2D eigenvalue weighted by molar-refractivity contribution is 5.20. The molecule has 0 aliphatic heterocycles. The lowest BCUT2D eigenvalue weighted by Crippen LogP contribution is -2.10. The van der Waals surface area contributed by atoms with Crippen LogP contribution in [0, 0.1) is 11.6 Å². The summed E-state index contributed by atoms with van der Waals surface area (Å²) in [4.78, 5) is 0. The predicted octanol–water partition coefficient (Wildman–Crippen LogP) is 2.76. The van der Waals surface area contributed by atoms with Crippen molar-refractivity contribution in [3.63, 3.8) is 0 Å². The molecule has 1 aromatic rings. The van der Waals surface area contributed by atoms with Gasteiger partial charge in [-0.05, 0) is 24.1 Å². The second-order valence-electron chi connectivity index (χ2n) is 3.10. The molecule has 1 aromatic carbocycles. The van der Waals surface area contributed by atoms with Gasteiger partial charge in [0.2, 0.25) is 0 Å². The zero-order chi connectivity index (χ0) is 9.84. The molecule has 2 N–H and O–H groups in total. The van der Waals surface area contributed by atoms with Gasteiger partial charge in [-0.2, -0.15) is 0 Å². The maximum Gasteiger partial charge on any atom is 0.126 e. The van der Waals surface area contributed by atoms with E-state index in [9.17, 15) is 8.78 Å². The van der Waals surface area contributed by atoms with Crippen molar-refractivity contribution in [3.05, 3.63) is 35.4 Å². The number of nitrogens with two attached hydrogens (primary N) is 1. The largest absolute Gasteiger partial charge is 0.324 e. The molecule has 0 spiro atoms. The van der Waals surface area contributed by atoms with Crippen molar-refractivity contribution in [2.45, 2.75) is 25.8 Å². The Morgan fingerprint density at radius 1 is 1.23 bits per heavy atom. The smallest absolute Gasteiger partial charge is 0.126 e. The zero-order valence-electron chi connectivity index (χ0n) is 7.56. The number of rotatable bonds is 3. The van der Waals surface area contributed by atoms with E-state index in [0.717, 1.165) is 18.9 Å². The highest BCUT2D eigenvalue weighted by Crippen LogP contribution is 2.17. The van der Waals surface area contributed by atoms with Gasteiger partial charge in [0, 0.05) is 12.1 Å². The predicted molar refractivity (Wildman–Crippen MR) is 48.2 cm³/mol. The van der Waals surface area contributed by atoms with Crippen LogP contribution in [0.1, 0.15) is 31.4 Å². The second kappa shape index (κ2) is 4.33. The van der Waals surface area contributed by atoms with Crippen molar-refractivity contribution < 1.29 is 8.78 Å². The minimum Gasteiger partial charge on any atom is -0.324 e. The Labute approximate surface area is 76.6 Å². The molecular weight excluding hydrogens is 172 g/mol. The highest BCUT2D eigenvalue weighted by atomic mass is 19.1. The average Bonchev–Trinajstić information content (AvgIpc) is 2.03. The summed E-state index contributed by atoms with van der Waals surface area (Å²) in [5.74, 6) is -1.14. The Bertz CT molecular complexity index is 266. The van der Waals surface area contributed by atoms with Gasteiger partial charge in [-0.3, -0.25) is 0 Å². The number of halogens is 2. The van der Waals surface area contributed by atoms with Crippen LogP contribution in [0.4, 0.5) is 8.78 Å². The average molecular weight is 185 g/mol. The number of hydrogen-bond acceptors (Lipinski definition) is 1. The van der Waals surface area contributed by atoms with Gasteiger partial charge < -0.3 is 5.73 Å². The third-order valence-electron chi connectivity index (χ3n) is 1.91. The zero-order valence-corrected chi connectivity index (χ0v) is 7.56. The monoisotopic (exact) mass is 185 g/mol. The molecule has 0 heterocycles. The summed E-state index contributed by atoms with van der Waals surface area (Å²) in [5.41, 5.74) is 6.24. The first kappa shape index (κ1) is 10.1. The van der Waals surface area contributed by atoms with Crippen LogP contribution in [-0.4, -0.2) is 0 Å². The normalized spacial score (nSPS) is 12.9. The summed E-state index contributed by atoms with van der Waals surface area (Å²) < 4.78 is 25.5. The van der Waals surface area contributed by atoms with Crippen LogP contribution in [0.5, 0.6) is 0 Å². The van der Waals surface area contributed by atoms with Gasteiger partial charge in [0.05, 0.1) is 0 Å². The molecule has 0 fully saturated rings. The Morgan fingerprint density at radius 3 is 2.23 bits per heavy atom. The van der Waals surface area contributed by atoms with E-state index >= 15 is 0 Å². The molecular formula is C10H13F2N. The van der Waals surface area contributed by atoms with E-state index in [1.54, 1.807) is 0 Å². The molecule has 0 unspecified atom stereocenters. The van der Waals surface area contributed by atoms with Crippen LogP contribution < -0.4 is 5.73 Å². The van der Waals surface area contributed by atoms with Gasteiger partial charge >= 0.3 is 0 Å². The molecule has 0 bridgehead atoms. The van der Waals surface area contributed by atoms with Crippen LogP contribution in [0.2, 0.25) is 0 Å². The van der Waals surface area contributed by atoms with E-state index in [-0.39, 0.29) is 6.04 Å². The van der Waals surface area contributed by atoms with E-state index in [0.29, 0.717) is 5.56 Å². The molecule has 1 atom stereocenters.